The van der Waals surface area contributed by atoms with Gasteiger partial charge in [-0.1, -0.05) is 24.3 Å². The third-order valence-electron chi connectivity index (χ3n) is 4.97. The van der Waals surface area contributed by atoms with Gasteiger partial charge in [-0.3, -0.25) is 24.3 Å². The maximum Gasteiger partial charge on any atom is 0.263 e. The summed E-state index contributed by atoms with van der Waals surface area (Å²) < 4.78 is 0. The lowest BCUT2D eigenvalue weighted by atomic mass is 9.94. The number of aromatic nitrogens is 1. The van der Waals surface area contributed by atoms with E-state index in [2.05, 4.69) is 10.3 Å². The molecular weight excluding hydrogens is 366 g/mol. The van der Waals surface area contributed by atoms with E-state index < -0.39 is 5.91 Å². The number of aryl methyl sites for hydroxylation is 1. The fraction of sp³-hybridized carbons (Fsp3) is 0.130. The highest BCUT2D eigenvalue weighted by Crippen LogP contribution is 2.38. The molecule has 1 aromatic heterocycles. The van der Waals surface area contributed by atoms with Gasteiger partial charge in [0.15, 0.2) is 0 Å². The Morgan fingerprint density at radius 3 is 2.34 bits per heavy atom. The molecule has 0 radical (unpaired) electrons. The number of rotatable bonds is 4. The number of carbonyl (C=O) groups excluding carboxylic acids is 3. The molecule has 0 bridgehead atoms. The number of benzene rings is 2. The Hall–Kier alpha value is -3.80. The molecule has 3 amide bonds. The van der Waals surface area contributed by atoms with Crippen LogP contribution < -0.4 is 5.32 Å². The first kappa shape index (κ1) is 18.6. The molecule has 3 aromatic rings. The van der Waals surface area contributed by atoms with Gasteiger partial charge in [0.05, 0.1) is 22.5 Å². The summed E-state index contributed by atoms with van der Waals surface area (Å²) in [5.74, 6) is -1.11. The largest absolute Gasteiger partial charge is 0.321 e. The number of nitrogens with zero attached hydrogens (tertiary/aromatic N) is 2. The molecule has 29 heavy (non-hydrogen) atoms. The van der Waals surface area contributed by atoms with Crippen molar-refractivity contribution in [3.63, 3.8) is 0 Å². The average molecular weight is 385 g/mol. The van der Waals surface area contributed by atoms with E-state index >= 15 is 0 Å². The topological polar surface area (TPSA) is 79.4 Å². The van der Waals surface area contributed by atoms with Crippen molar-refractivity contribution < 1.29 is 14.4 Å². The fourth-order valence-corrected chi connectivity index (χ4v) is 3.56. The zero-order chi connectivity index (χ0) is 20.5. The highest BCUT2D eigenvalue weighted by atomic mass is 16.2. The van der Waals surface area contributed by atoms with Gasteiger partial charge in [-0.05, 0) is 49.7 Å². The highest BCUT2D eigenvalue weighted by molar-refractivity contribution is 6.27. The summed E-state index contributed by atoms with van der Waals surface area (Å²) in [6.45, 7) is 3.80. The predicted molar refractivity (Wildman–Crippen MR) is 110 cm³/mol. The van der Waals surface area contributed by atoms with Crippen molar-refractivity contribution in [1.82, 2.24) is 9.88 Å². The molecule has 1 aliphatic rings. The molecule has 1 N–H and O–H groups in total. The van der Waals surface area contributed by atoms with Crippen LogP contribution in [-0.4, -0.2) is 34.2 Å². The van der Waals surface area contributed by atoms with Crippen molar-refractivity contribution in [3.05, 3.63) is 83.0 Å². The Kier molecular flexibility index (Phi) is 4.68. The minimum absolute atomic E-state index is 0.224. The van der Waals surface area contributed by atoms with Crippen molar-refractivity contribution in [1.29, 1.82) is 0 Å². The van der Waals surface area contributed by atoms with E-state index in [9.17, 15) is 14.4 Å². The zero-order valence-electron chi connectivity index (χ0n) is 16.1. The zero-order valence-corrected chi connectivity index (χ0v) is 16.1. The molecule has 0 fully saturated rings. The average Bonchev–Trinajstić information content (AvgIpc) is 3.00. The quantitative estimate of drug-likeness (QED) is 0.690. The van der Waals surface area contributed by atoms with Crippen LogP contribution in [0.4, 0.5) is 5.69 Å². The smallest absolute Gasteiger partial charge is 0.263 e. The van der Waals surface area contributed by atoms with Gasteiger partial charge in [0, 0.05) is 23.9 Å². The summed E-state index contributed by atoms with van der Waals surface area (Å²) in [5.41, 5.74) is 3.22. The minimum Gasteiger partial charge on any atom is -0.321 e. The number of amides is 3. The number of hydrogen-bond donors (Lipinski definition) is 1. The van der Waals surface area contributed by atoms with Crippen molar-refractivity contribution >= 4 is 23.4 Å². The summed E-state index contributed by atoms with van der Waals surface area (Å²) in [4.78, 5) is 44.3. The Morgan fingerprint density at radius 1 is 1.00 bits per heavy atom. The molecule has 6 nitrogen and oxygen atoms in total. The third kappa shape index (κ3) is 3.08. The van der Waals surface area contributed by atoms with Crippen LogP contribution in [0.1, 0.15) is 43.6 Å². The second-order valence-electron chi connectivity index (χ2n) is 6.76. The van der Waals surface area contributed by atoms with Gasteiger partial charge in [-0.25, -0.2) is 0 Å². The van der Waals surface area contributed by atoms with Crippen molar-refractivity contribution in [3.8, 4) is 11.3 Å². The van der Waals surface area contributed by atoms with E-state index in [0.717, 1.165) is 0 Å². The van der Waals surface area contributed by atoms with Gasteiger partial charge < -0.3 is 5.32 Å². The number of pyridine rings is 1. The van der Waals surface area contributed by atoms with Crippen molar-refractivity contribution in [2.45, 2.75) is 13.8 Å². The number of hydrogen-bond acceptors (Lipinski definition) is 4. The van der Waals surface area contributed by atoms with Crippen LogP contribution in [0.25, 0.3) is 11.3 Å². The highest BCUT2D eigenvalue weighted by Gasteiger charge is 2.40. The number of fused-ring (bicyclic) bond motifs is 1. The first-order valence-electron chi connectivity index (χ1n) is 9.34. The van der Waals surface area contributed by atoms with Gasteiger partial charge in [-0.2, -0.15) is 0 Å². The Bertz CT molecular complexity index is 1130. The van der Waals surface area contributed by atoms with Gasteiger partial charge in [0.2, 0.25) is 0 Å². The fourth-order valence-electron chi connectivity index (χ4n) is 3.56. The summed E-state index contributed by atoms with van der Waals surface area (Å²) in [6.07, 6.45) is 1.64. The Morgan fingerprint density at radius 2 is 1.69 bits per heavy atom. The lowest BCUT2D eigenvalue weighted by Crippen LogP contribution is -2.29. The summed E-state index contributed by atoms with van der Waals surface area (Å²) in [6, 6.07) is 16.0. The minimum atomic E-state index is -0.406. The molecule has 144 valence electrons. The van der Waals surface area contributed by atoms with Crippen LogP contribution in [0.2, 0.25) is 0 Å². The summed E-state index contributed by atoms with van der Waals surface area (Å²) in [7, 11) is 0. The molecule has 0 saturated carbocycles. The molecule has 6 heteroatoms. The number of anilines is 1. The van der Waals surface area contributed by atoms with E-state index in [1.807, 2.05) is 12.1 Å². The second kappa shape index (κ2) is 7.31. The molecule has 1 aliphatic heterocycles. The summed E-state index contributed by atoms with van der Waals surface area (Å²) in [5, 5.41) is 2.84. The van der Waals surface area contributed by atoms with Crippen LogP contribution in [-0.2, 0) is 0 Å². The van der Waals surface area contributed by atoms with Crippen LogP contribution >= 0.6 is 0 Å². The van der Waals surface area contributed by atoms with Crippen LogP contribution in [0.5, 0.6) is 0 Å². The van der Waals surface area contributed by atoms with Crippen molar-refractivity contribution in [2.75, 3.05) is 11.9 Å². The Labute approximate surface area is 168 Å². The number of nitrogens with one attached hydrogen (secondary N) is 1. The monoisotopic (exact) mass is 385 g/mol. The molecule has 0 aliphatic carbocycles. The van der Waals surface area contributed by atoms with Crippen LogP contribution in [0.3, 0.4) is 0 Å². The number of imide groups is 1. The lowest BCUT2D eigenvalue weighted by molar-refractivity contribution is 0.0663. The van der Waals surface area contributed by atoms with Gasteiger partial charge in [-0.15, -0.1) is 0 Å². The molecule has 4 rings (SSSR count). The third-order valence-corrected chi connectivity index (χ3v) is 4.97. The van der Waals surface area contributed by atoms with Crippen molar-refractivity contribution in [2.24, 2.45) is 0 Å². The molecular formula is C23H19N3O3. The first-order valence-corrected chi connectivity index (χ1v) is 9.34. The van der Waals surface area contributed by atoms with E-state index in [4.69, 9.17) is 0 Å². The lowest BCUT2D eigenvalue weighted by Gasteiger charge is -2.15. The maximum atomic E-state index is 13.0. The van der Waals surface area contributed by atoms with Crippen LogP contribution in [0, 0.1) is 6.92 Å². The maximum absolute atomic E-state index is 13.0. The van der Waals surface area contributed by atoms with Crippen LogP contribution in [0.15, 0.2) is 60.8 Å². The van der Waals surface area contributed by atoms with E-state index in [1.165, 1.54) is 4.90 Å². The molecule has 0 spiro atoms. The molecule has 0 saturated heterocycles. The van der Waals surface area contributed by atoms with Gasteiger partial charge >= 0.3 is 0 Å². The predicted octanol–water partition coefficient (Wildman–Crippen LogP) is 3.93. The second-order valence-corrected chi connectivity index (χ2v) is 6.76. The summed E-state index contributed by atoms with van der Waals surface area (Å²) >= 11 is 0. The molecule has 0 atom stereocenters. The van der Waals surface area contributed by atoms with E-state index in [0.29, 0.717) is 28.1 Å². The molecule has 2 heterocycles. The SMILES string of the molecule is CCN1C(=O)c2c(-c3ccccn3)cc(C)c(NC(=O)c3ccccc3)c2C1=O. The molecule has 2 aromatic carbocycles. The van der Waals surface area contributed by atoms with E-state index in [1.54, 1.807) is 62.5 Å². The normalized spacial score (nSPS) is 12.8. The van der Waals surface area contributed by atoms with Gasteiger partial charge in [0.25, 0.3) is 17.7 Å². The van der Waals surface area contributed by atoms with E-state index in [-0.39, 0.29) is 29.5 Å². The Balaban J connectivity index is 1.90. The number of carbonyl (C=O) groups is 3. The standard InChI is InChI=1S/C23H19N3O3/c1-3-26-22(28)18-16(17-11-7-8-12-24-17)13-14(2)20(19(18)23(26)29)25-21(27)15-9-5-4-6-10-15/h4-13H,3H2,1-2H3,(H,25,27). The molecule has 0 unspecified atom stereocenters. The first-order chi connectivity index (χ1) is 14.0. The van der Waals surface area contributed by atoms with Gasteiger partial charge in [0.1, 0.15) is 0 Å².